The number of aryl methyl sites for hydroxylation is 2. The van der Waals surface area contributed by atoms with Crippen molar-refractivity contribution in [1.82, 2.24) is 0 Å². The molecule has 0 aliphatic rings. The Labute approximate surface area is 93.8 Å². The number of carboxylic acids is 1. The number of carboxylic acid groups (broad SMARTS) is 1. The molecule has 1 rings (SSSR count). The molecule has 1 atom stereocenters. The van der Waals surface area contributed by atoms with Gasteiger partial charge in [0, 0.05) is 0 Å². The molecule has 0 saturated heterocycles. The van der Waals surface area contributed by atoms with Gasteiger partial charge in [-0.3, -0.25) is 4.79 Å². The second kappa shape index (κ2) is 4.67. The molecule has 4 heteroatoms. The lowest BCUT2D eigenvalue weighted by Crippen LogP contribution is -2.15. The highest BCUT2D eigenvalue weighted by Gasteiger charge is 2.19. The molecule has 0 aliphatic carbocycles. The van der Waals surface area contributed by atoms with Gasteiger partial charge in [-0.15, -0.1) is 0 Å². The Kier molecular flexibility index (Phi) is 3.51. The molecule has 0 aliphatic heterocycles. The van der Waals surface area contributed by atoms with Crippen molar-refractivity contribution in [3.05, 3.63) is 28.8 Å². The maximum atomic E-state index is 10.8. The van der Waals surface area contributed by atoms with Crippen LogP contribution < -0.4 is 0 Å². The van der Waals surface area contributed by atoms with E-state index in [4.69, 9.17) is 10.4 Å². The predicted molar refractivity (Wildman–Crippen MR) is 58.0 cm³/mol. The predicted octanol–water partition coefficient (Wildman–Crippen LogP) is 1.78. The van der Waals surface area contributed by atoms with Crippen molar-refractivity contribution in [3.63, 3.8) is 0 Å². The van der Waals surface area contributed by atoms with Crippen LogP contribution in [0.25, 0.3) is 0 Å². The van der Waals surface area contributed by atoms with Gasteiger partial charge < -0.3 is 10.2 Å². The third-order valence-corrected chi connectivity index (χ3v) is 2.54. The molecule has 1 aromatic carbocycles. The zero-order valence-electron chi connectivity index (χ0n) is 9.19. The van der Waals surface area contributed by atoms with Crippen LogP contribution in [0.1, 0.15) is 16.7 Å². The van der Waals surface area contributed by atoms with Crippen molar-refractivity contribution in [2.24, 2.45) is 5.92 Å². The van der Waals surface area contributed by atoms with Gasteiger partial charge >= 0.3 is 5.97 Å². The fourth-order valence-electron chi connectivity index (χ4n) is 1.68. The number of aliphatic carboxylic acids is 1. The van der Waals surface area contributed by atoms with E-state index in [1.54, 1.807) is 32.0 Å². The minimum Gasteiger partial charge on any atom is -0.508 e. The van der Waals surface area contributed by atoms with E-state index in [2.05, 4.69) is 0 Å². The van der Waals surface area contributed by atoms with Crippen LogP contribution in [0, 0.1) is 31.1 Å². The first-order valence-corrected chi connectivity index (χ1v) is 4.87. The van der Waals surface area contributed by atoms with Gasteiger partial charge in [0.2, 0.25) is 0 Å². The Morgan fingerprint density at radius 2 is 1.94 bits per heavy atom. The average molecular weight is 219 g/mol. The van der Waals surface area contributed by atoms with Gasteiger partial charge in [0.15, 0.2) is 0 Å². The maximum Gasteiger partial charge on any atom is 0.321 e. The van der Waals surface area contributed by atoms with E-state index in [1.807, 2.05) is 0 Å². The van der Waals surface area contributed by atoms with E-state index in [0.29, 0.717) is 0 Å². The lowest BCUT2D eigenvalue weighted by Gasteiger charge is -2.11. The summed E-state index contributed by atoms with van der Waals surface area (Å²) in [6.45, 7) is 3.58. The first-order valence-electron chi connectivity index (χ1n) is 4.87. The van der Waals surface area contributed by atoms with Crippen LogP contribution in [0.2, 0.25) is 0 Å². The lowest BCUT2D eigenvalue weighted by atomic mass is 9.93. The Hall–Kier alpha value is -2.02. The normalized spacial score (nSPS) is 11.8. The minimum atomic E-state index is -1.12. The van der Waals surface area contributed by atoms with Crippen molar-refractivity contribution in [1.29, 1.82) is 5.26 Å². The number of nitrogens with zero attached hydrogens (tertiary/aromatic N) is 1. The number of rotatable bonds is 3. The summed E-state index contributed by atoms with van der Waals surface area (Å²) in [5, 5.41) is 26.9. The number of nitriles is 1. The summed E-state index contributed by atoms with van der Waals surface area (Å²) in [7, 11) is 0. The number of hydrogen-bond acceptors (Lipinski definition) is 3. The number of hydrogen-bond donors (Lipinski definition) is 2. The highest BCUT2D eigenvalue weighted by Crippen LogP contribution is 2.23. The first-order chi connectivity index (χ1) is 7.45. The number of phenols is 1. The molecule has 0 spiro atoms. The van der Waals surface area contributed by atoms with Crippen LogP contribution in [0.15, 0.2) is 12.1 Å². The number of aromatic hydroxyl groups is 1. The van der Waals surface area contributed by atoms with E-state index in [0.717, 1.165) is 16.7 Å². The summed E-state index contributed by atoms with van der Waals surface area (Å²) in [6.07, 6.45) is 0.170. The second-order valence-corrected chi connectivity index (χ2v) is 3.78. The van der Waals surface area contributed by atoms with E-state index < -0.39 is 11.9 Å². The van der Waals surface area contributed by atoms with Crippen LogP contribution in [-0.4, -0.2) is 16.2 Å². The summed E-state index contributed by atoms with van der Waals surface area (Å²) in [5.74, 6) is -2.00. The molecule has 0 saturated carbocycles. The molecule has 1 aromatic rings. The van der Waals surface area contributed by atoms with Gasteiger partial charge in [0.25, 0.3) is 0 Å². The van der Waals surface area contributed by atoms with Gasteiger partial charge in [0.05, 0.1) is 6.07 Å². The molecule has 0 aromatic heterocycles. The quantitative estimate of drug-likeness (QED) is 0.811. The largest absolute Gasteiger partial charge is 0.508 e. The van der Waals surface area contributed by atoms with Crippen LogP contribution >= 0.6 is 0 Å². The van der Waals surface area contributed by atoms with Gasteiger partial charge in [-0.25, -0.2) is 0 Å². The van der Waals surface area contributed by atoms with Crippen molar-refractivity contribution < 1.29 is 15.0 Å². The Balaban J connectivity index is 3.07. The molecular formula is C12H13NO3. The molecule has 0 fully saturated rings. The summed E-state index contributed by atoms with van der Waals surface area (Å²) < 4.78 is 0. The Bertz CT molecular complexity index is 437. The summed E-state index contributed by atoms with van der Waals surface area (Å²) in [4.78, 5) is 10.8. The average Bonchev–Trinajstić information content (AvgIpc) is 2.15. The second-order valence-electron chi connectivity index (χ2n) is 3.78. The van der Waals surface area contributed by atoms with Crippen molar-refractivity contribution >= 4 is 5.97 Å². The van der Waals surface area contributed by atoms with Gasteiger partial charge in [-0.1, -0.05) is 0 Å². The third kappa shape index (κ3) is 2.51. The van der Waals surface area contributed by atoms with E-state index in [-0.39, 0.29) is 12.2 Å². The molecule has 2 N–H and O–H groups in total. The van der Waals surface area contributed by atoms with Crippen molar-refractivity contribution in [3.8, 4) is 11.8 Å². The SMILES string of the molecule is Cc1cc(O)cc(C)c1C[C@@H](C#N)C(=O)O. The summed E-state index contributed by atoms with van der Waals surface area (Å²) in [5.41, 5.74) is 2.42. The highest BCUT2D eigenvalue weighted by atomic mass is 16.4. The van der Waals surface area contributed by atoms with Gasteiger partial charge in [-0.05, 0) is 49.1 Å². The molecule has 4 nitrogen and oxygen atoms in total. The Morgan fingerprint density at radius 3 is 2.31 bits per heavy atom. The van der Waals surface area contributed by atoms with E-state index in [9.17, 15) is 9.90 Å². The third-order valence-electron chi connectivity index (χ3n) is 2.54. The smallest absolute Gasteiger partial charge is 0.321 e. The van der Waals surface area contributed by atoms with Crippen LogP contribution in [0.4, 0.5) is 0 Å². The zero-order chi connectivity index (χ0) is 12.3. The maximum absolute atomic E-state index is 10.8. The summed E-state index contributed by atoms with van der Waals surface area (Å²) >= 11 is 0. The number of carbonyl (C=O) groups is 1. The fraction of sp³-hybridized carbons (Fsp3) is 0.333. The molecule has 16 heavy (non-hydrogen) atoms. The van der Waals surface area contributed by atoms with Gasteiger partial charge in [0.1, 0.15) is 11.7 Å². The topological polar surface area (TPSA) is 81.3 Å². The number of phenolic OH excluding ortho intramolecular Hbond substituents is 1. The van der Waals surface area contributed by atoms with Crippen LogP contribution in [0.5, 0.6) is 5.75 Å². The van der Waals surface area contributed by atoms with Gasteiger partial charge in [-0.2, -0.15) is 5.26 Å². The van der Waals surface area contributed by atoms with Crippen molar-refractivity contribution in [2.45, 2.75) is 20.3 Å². The van der Waals surface area contributed by atoms with Crippen LogP contribution in [-0.2, 0) is 11.2 Å². The molecule has 0 radical (unpaired) electrons. The minimum absolute atomic E-state index is 0.155. The van der Waals surface area contributed by atoms with E-state index in [1.165, 1.54) is 0 Å². The molecule has 0 unspecified atom stereocenters. The molecule has 84 valence electrons. The van der Waals surface area contributed by atoms with E-state index >= 15 is 0 Å². The van der Waals surface area contributed by atoms with Crippen LogP contribution in [0.3, 0.4) is 0 Å². The fourth-order valence-corrected chi connectivity index (χ4v) is 1.68. The Morgan fingerprint density at radius 1 is 1.44 bits per heavy atom. The first kappa shape index (κ1) is 12.1. The monoisotopic (exact) mass is 219 g/mol. The molecular weight excluding hydrogens is 206 g/mol. The molecule has 0 heterocycles. The summed E-state index contributed by atoms with van der Waals surface area (Å²) in [6, 6.07) is 4.89. The molecule has 0 bridgehead atoms. The molecule has 0 amide bonds. The highest BCUT2D eigenvalue weighted by molar-refractivity contribution is 5.73. The lowest BCUT2D eigenvalue weighted by molar-refractivity contribution is -0.139. The number of benzene rings is 1. The standard InChI is InChI=1S/C12H13NO3/c1-7-3-10(14)4-8(2)11(7)5-9(6-13)12(15)16/h3-4,9,14H,5H2,1-2H3,(H,15,16)/t9-/m0/s1. The van der Waals surface area contributed by atoms with Crippen molar-refractivity contribution in [2.75, 3.05) is 0 Å². The zero-order valence-corrected chi connectivity index (χ0v) is 9.19.